The lowest BCUT2D eigenvalue weighted by atomic mass is 10.1. The number of hydrogen-bond donors (Lipinski definition) is 3. The molecule has 5 nitrogen and oxygen atoms in total. The molecule has 0 atom stereocenters. The van der Waals surface area contributed by atoms with Gasteiger partial charge >= 0.3 is 0 Å². The monoisotopic (exact) mass is 292 g/mol. The Labute approximate surface area is 122 Å². The topological polar surface area (TPSA) is 78.4 Å². The molecule has 0 saturated carbocycles. The maximum absolute atomic E-state index is 13.2. The molecular formula is C15H17FN2O3. The van der Waals surface area contributed by atoms with E-state index in [1.165, 1.54) is 6.07 Å². The SMILES string of the molecule is CCNC(=O)CNC(=O)c1ccc(F)cc1C#CCCO. The first-order valence-electron chi connectivity index (χ1n) is 6.52. The van der Waals surface area contributed by atoms with Gasteiger partial charge in [0.1, 0.15) is 5.82 Å². The van der Waals surface area contributed by atoms with Gasteiger partial charge in [-0.2, -0.15) is 0 Å². The molecule has 0 aliphatic carbocycles. The molecule has 0 aromatic heterocycles. The van der Waals surface area contributed by atoms with E-state index in [1.54, 1.807) is 6.92 Å². The van der Waals surface area contributed by atoms with Crippen molar-refractivity contribution in [3.8, 4) is 11.8 Å². The number of aliphatic hydroxyl groups excluding tert-OH is 1. The number of benzene rings is 1. The van der Waals surface area contributed by atoms with E-state index in [0.717, 1.165) is 12.1 Å². The molecule has 0 heterocycles. The summed E-state index contributed by atoms with van der Waals surface area (Å²) in [5.41, 5.74) is 0.406. The van der Waals surface area contributed by atoms with Gasteiger partial charge in [0.15, 0.2) is 0 Å². The van der Waals surface area contributed by atoms with Crippen molar-refractivity contribution in [2.24, 2.45) is 0 Å². The number of hydrogen-bond acceptors (Lipinski definition) is 3. The molecule has 0 fully saturated rings. The summed E-state index contributed by atoms with van der Waals surface area (Å²) in [6.45, 7) is 1.98. The first kappa shape index (κ1) is 16.7. The zero-order chi connectivity index (χ0) is 15.7. The molecule has 21 heavy (non-hydrogen) atoms. The Balaban J connectivity index is 2.84. The fraction of sp³-hybridized carbons (Fsp3) is 0.333. The number of likely N-dealkylation sites (N-methyl/N-ethyl adjacent to an activating group) is 1. The largest absolute Gasteiger partial charge is 0.395 e. The Morgan fingerprint density at radius 2 is 2.10 bits per heavy atom. The third-order valence-corrected chi connectivity index (χ3v) is 2.47. The van der Waals surface area contributed by atoms with Crippen molar-refractivity contribution in [1.82, 2.24) is 10.6 Å². The van der Waals surface area contributed by atoms with E-state index in [4.69, 9.17) is 5.11 Å². The van der Waals surface area contributed by atoms with E-state index < -0.39 is 11.7 Å². The fourth-order valence-corrected chi connectivity index (χ4v) is 1.55. The van der Waals surface area contributed by atoms with Gasteiger partial charge in [-0.3, -0.25) is 9.59 Å². The zero-order valence-corrected chi connectivity index (χ0v) is 11.7. The highest BCUT2D eigenvalue weighted by atomic mass is 19.1. The first-order valence-corrected chi connectivity index (χ1v) is 6.52. The number of aliphatic hydroxyl groups is 1. The van der Waals surface area contributed by atoms with Crippen LogP contribution in [0.15, 0.2) is 18.2 Å². The number of carbonyl (C=O) groups excluding carboxylic acids is 2. The van der Waals surface area contributed by atoms with E-state index in [2.05, 4.69) is 22.5 Å². The molecular weight excluding hydrogens is 275 g/mol. The van der Waals surface area contributed by atoms with Crippen molar-refractivity contribution >= 4 is 11.8 Å². The van der Waals surface area contributed by atoms with Gasteiger partial charge in [-0.25, -0.2) is 4.39 Å². The number of halogens is 1. The van der Waals surface area contributed by atoms with Gasteiger partial charge in [0.25, 0.3) is 5.91 Å². The van der Waals surface area contributed by atoms with E-state index in [9.17, 15) is 14.0 Å². The van der Waals surface area contributed by atoms with Gasteiger partial charge in [0.2, 0.25) is 5.91 Å². The van der Waals surface area contributed by atoms with Crippen LogP contribution in [0.1, 0.15) is 29.3 Å². The predicted molar refractivity (Wildman–Crippen MR) is 76.0 cm³/mol. The molecule has 2 amide bonds. The Hall–Kier alpha value is -2.39. The molecule has 0 spiro atoms. The van der Waals surface area contributed by atoms with Crippen molar-refractivity contribution in [2.45, 2.75) is 13.3 Å². The molecule has 6 heteroatoms. The Morgan fingerprint density at radius 3 is 2.76 bits per heavy atom. The fourth-order valence-electron chi connectivity index (χ4n) is 1.55. The minimum absolute atomic E-state index is 0.110. The average Bonchev–Trinajstić information content (AvgIpc) is 2.45. The minimum atomic E-state index is -0.511. The maximum atomic E-state index is 13.2. The van der Waals surface area contributed by atoms with Crippen molar-refractivity contribution in [3.05, 3.63) is 35.1 Å². The zero-order valence-electron chi connectivity index (χ0n) is 11.7. The van der Waals surface area contributed by atoms with Crippen LogP contribution in [0.4, 0.5) is 4.39 Å². The highest BCUT2D eigenvalue weighted by molar-refractivity contribution is 5.98. The summed E-state index contributed by atoms with van der Waals surface area (Å²) in [7, 11) is 0. The van der Waals surface area contributed by atoms with Crippen LogP contribution in [0.2, 0.25) is 0 Å². The van der Waals surface area contributed by atoms with Crippen LogP contribution in [0.3, 0.4) is 0 Å². The highest BCUT2D eigenvalue weighted by Gasteiger charge is 2.12. The van der Waals surface area contributed by atoms with E-state index in [1.807, 2.05) is 0 Å². The molecule has 0 bridgehead atoms. The number of rotatable bonds is 5. The molecule has 1 aromatic carbocycles. The molecule has 0 aliphatic rings. The lowest BCUT2D eigenvalue weighted by Gasteiger charge is -2.07. The molecule has 3 N–H and O–H groups in total. The Bertz CT molecular complexity index is 576. The maximum Gasteiger partial charge on any atom is 0.252 e. The second-order valence-electron chi connectivity index (χ2n) is 4.10. The van der Waals surface area contributed by atoms with Crippen LogP contribution in [-0.4, -0.2) is 36.6 Å². The Morgan fingerprint density at radius 1 is 1.33 bits per heavy atom. The number of carbonyl (C=O) groups is 2. The minimum Gasteiger partial charge on any atom is -0.395 e. The van der Waals surface area contributed by atoms with Crippen molar-refractivity contribution < 1.29 is 19.1 Å². The van der Waals surface area contributed by atoms with Crippen LogP contribution < -0.4 is 10.6 Å². The van der Waals surface area contributed by atoms with Gasteiger partial charge in [-0.05, 0) is 25.1 Å². The summed E-state index contributed by atoms with van der Waals surface area (Å²) in [6, 6.07) is 3.61. The molecule has 112 valence electrons. The lowest BCUT2D eigenvalue weighted by molar-refractivity contribution is -0.120. The van der Waals surface area contributed by atoms with Crippen LogP contribution >= 0.6 is 0 Å². The van der Waals surface area contributed by atoms with Crippen LogP contribution in [0.5, 0.6) is 0 Å². The molecule has 0 unspecified atom stereocenters. The quantitative estimate of drug-likeness (QED) is 0.689. The summed E-state index contributed by atoms with van der Waals surface area (Å²) in [5, 5.41) is 13.7. The first-order chi connectivity index (χ1) is 10.1. The summed E-state index contributed by atoms with van der Waals surface area (Å²) in [5.74, 6) is 3.95. The second-order valence-corrected chi connectivity index (χ2v) is 4.10. The number of nitrogens with one attached hydrogen (secondary N) is 2. The molecule has 1 rings (SSSR count). The van der Waals surface area contributed by atoms with Crippen molar-refractivity contribution in [1.29, 1.82) is 0 Å². The third-order valence-electron chi connectivity index (χ3n) is 2.47. The van der Waals surface area contributed by atoms with E-state index in [0.29, 0.717) is 6.54 Å². The predicted octanol–water partition coefficient (Wildman–Crippen LogP) is 0.425. The van der Waals surface area contributed by atoms with Gasteiger partial charge < -0.3 is 15.7 Å². The average molecular weight is 292 g/mol. The van der Waals surface area contributed by atoms with Gasteiger partial charge in [0.05, 0.1) is 18.7 Å². The second kappa shape index (κ2) is 8.72. The van der Waals surface area contributed by atoms with Crippen LogP contribution in [0.25, 0.3) is 0 Å². The summed E-state index contributed by atoms with van der Waals surface area (Å²) in [4.78, 5) is 23.3. The van der Waals surface area contributed by atoms with Gasteiger partial charge in [-0.15, -0.1) is 0 Å². The van der Waals surface area contributed by atoms with Gasteiger partial charge in [0, 0.05) is 18.5 Å². The normalized spacial score (nSPS) is 9.48. The smallest absolute Gasteiger partial charge is 0.252 e. The molecule has 0 saturated heterocycles. The molecule has 1 aromatic rings. The summed E-state index contributed by atoms with van der Waals surface area (Å²) >= 11 is 0. The summed E-state index contributed by atoms with van der Waals surface area (Å²) in [6.07, 6.45) is 0.233. The standard InChI is InChI=1S/C15H17FN2O3/c1-2-17-14(20)10-18-15(21)13-7-6-12(16)9-11(13)5-3-4-8-19/h6-7,9,19H,2,4,8,10H2,1H3,(H,17,20)(H,18,21). The number of amides is 2. The van der Waals surface area contributed by atoms with E-state index in [-0.39, 0.29) is 36.6 Å². The van der Waals surface area contributed by atoms with Crippen LogP contribution in [0, 0.1) is 17.7 Å². The van der Waals surface area contributed by atoms with E-state index >= 15 is 0 Å². The van der Waals surface area contributed by atoms with Crippen LogP contribution in [-0.2, 0) is 4.79 Å². The van der Waals surface area contributed by atoms with Crippen molar-refractivity contribution in [3.63, 3.8) is 0 Å². The van der Waals surface area contributed by atoms with Gasteiger partial charge in [-0.1, -0.05) is 11.8 Å². The lowest BCUT2D eigenvalue weighted by Crippen LogP contribution is -2.37. The summed E-state index contributed by atoms with van der Waals surface area (Å²) < 4.78 is 13.2. The van der Waals surface area contributed by atoms with Crippen molar-refractivity contribution in [2.75, 3.05) is 19.7 Å². The highest BCUT2D eigenvalue weighted by Crippen LogP contribution is 2.10. The molecule has 0 aliphatic heterocycles. The Kier molecular flexibility index (Phi) is 6.92. The third kappa shape index (κ3) is 5.63. The molecule has 0 radical (unpaired) electrons.